The summed E-state index contributed by atoms with van der Waals surface area (Å²) in [5.74, 6) is 1.35. The van der Waals surface area contributed by atoms with E-state index in [0.29, 0.717) is 51.1 Å². The van der Waals surface area contributed by atoms with Crippen molar-refractivity contribution in [3.63, 3.8) is 0 Å². The van der Waals surface area contributed by atoms with E-state index in [-0.39, 0.29) is 0 Å². The predicted molar refractivity (Wildman–Crippen MR) is 151 cm³/mol. The molecule has 0 aliphatic heterocycles. The van der Waals surface area contributed by atoms with Gasteiger partial charge in [0.1, 0.15) is 12.1 Å². The molecule has 0 aliphatic rings. The maximum absolute atomic E-state index is 13.5. The number of benzene rings is 2. The van der Waals surface area contributed by atoms with Gasteiger partial charge < -0.3 is 14.2 Å². The van der Waals surface area contributed by atoms with Gasteiger partial charge in [-0.2, -0.15) is 0 Å². The van der Waals surface area contributed by atoms with Crippen LogP contribution in [-0.2, 0) is 14.4 Å². The number of methoxy groups -OCH3 is 2. The number of aryl methyl sites for hydroxylation is 2. The summed E-state index contributed by atoms with van der Waals surface area (Å²) in [4.78, 5) is 45.3. The van der Waals surface area contributed by atoms with E-state index in [4.69, 9.17) is 19.0 Å². The Bertz CT molecular complexity index is 1500. The number of hydrogen-bond acceptors (Lipinski definition) is 10. The van der Waals surface area contributed by atoms with E-state index < -0.39 is 17.6 Å². The van der Waals surface area contributed by atoms with Gasteiger partial charge in [0, 0.05) is 10.9 Å². The molecule has 1 N–H and O–H groups in total. The van der Waals surface area contributed by atoms with Crippen LogP contribution in [-0.4, -0.2) is 52.2 Å². The standard InChI is InChI=1S/C28H31N5O6S/c1-16-17(2)40-27(31-16)32-25(35)24(33(15-34)39-28(3,4)5)18-8-10-19(11-9-18)38-26-20-12-22(36-6)23(37-7)13-21(20)29-14-30-26/h8-15,24H,1-7H3,(H,31,32,35)/t24-/m1/s1. The molecule has 0 bridgehead atoms. The van der Waals surface area contributed by atoms with Gasteiger partial charge in [0.25, 0.3) is 5.91 Å². The third kappa shape index (κ3) is 6.46. The van der Waals surface area contributed by atoms with Crippen molar-refractivity contribution in [3.8, 4) is 23.1 Å². The van der Waals surface area contributed by atoms with Crippen LogP contribution < -0.4 is 19.5 Å². The quantitative estimate of drug-likeness (QED) is 0.199. The van der Waals surface area contributed by atoms with Crippen LogP contribution in [0.1, 0.15) is 42.9 Å². The van der Waals surface area contributed by atoms with Gasteiger partial charge in [-0.1, -0.05) is 12.1 Å². The van der Waals surface area contributed by atoms with Crippen molar-refractivity contribution in [2.75, 3.05) is 19.5 Å². The first-order valence-electron chi connectivity index (χ1n) is 12.3. The molecule has 2 aromatic carbocycles. The number of ether oxygens (including phenoxy) is 3. The van der Waals surface area contributed by atoms with E-state index >= 15 is 0 Å². The lowest BCUT2D eigenvalue weighted by Crippen LogP contribution is -2.41. The summed E-state index contributed by atoms with van der Waals surface area (Å²) in [6.45, 7) is 9.16. The highest BCUT2D eigenvalue weighted by molar-refractivity contribution is 7.15. The van der Waals surface area contributed by atoms with Crippen LogP contribution in [0.4, 0.5) is 5.13 Å². The fraction of sp³-hybridized carbons (Fsp3) is 0.321. The minimum absolute atomic E-state index is 0.313. The Hall–Kier alpha value is -4.29. The second-order valence-electron chi connectivity index (χ2n) is 9.80. The number of nitrogens with one attached hydrogen (secondary N) is 1. The molecule has 1 atom stereocenters. The zero-order chi connectivity index (χ0) is 29.0. The lowest BCUT2D eigenvalue weighted by Gasteiger charge is -2.32. The van der Waals surface area contributed by atoms with Gasteiger partial charge in [0.15, 0.2) is 22.7 Å². The van der Waals surface area contributed by atoms with Crippen molar-refractivity contribution in [2.24, 2.45) is 0 Å². The molecule has 0 spiro atoms. The number of amides is 2. The maximum atomic E-state index is 13.5. The molecular weight excluding hydrogens is 534 g/mol. The molecule has 0 aliphatic carbocycles. The molecule has 2 amide bonds. The molecule has 4 rings (SSSR count). The van der Waals surface area contributed by atoms with E-state index in [1.807, 2.05) is 13.8 Å². The number of hydrogen-bond donors (Lipinski definition) is 1. The number of rotatable bonds is 10. The Morgan fingerprint density at radius 3 is 2.30 bits per heavy atom. The highest BCUT2D eigenvalue weighted by Gasteiger charge is 2.32. The lowest BCUT2D eigenvalue weighted by atomic mass is 10.1. The number of fused-ring (bicyclic) bond motifs is 1. The molecular formula is C28H31N5O6S. The molecule has 40 heavy (non-hydrogen) atoms. The molecule has 4 aromatic rings. The van der Waals surface area contributed by atoms with E-state index in [1.54, 1.807) is 71.4 Å². The average molecular weight is 566 g/mol. The number of nitrogens with zero attached hydrogens (tertiary/aromatic N) is 4. The van der Waals surface area contributed by atoms with Crippen LogP contribution in [0.25, 0.3) is 10.9 Å². The van der Waals surface area contributed by atoms with E-state index in [1.165, 1.54) is 17.7 Å². The van der Waals surface area contributed by atoms with Gasteiger partial charge in [0.05, 0.1) is 36.4 Å². The second kappa shape index (κ2) is 11.8. The first-order valence-corrected chi connectivity index (χ1v) is 13.2. The molecule has 0 radical (unpaired) electrons. The van der Waals surface area contributed by atoms with Crippen LogP contribution in [0.15, 0.2) is 42.7 Å². The number of carbonyl (C=O) groups excluding carboxylic acids is 2. The monoisotopic (exact) mass is 565 g/mol. The minimum atomic E-state index is -1.09. The first-order chi connectivity index (χ1) is 19.0. The van der Waals surface area contributed by atoms with Crippen molar-refractivity contribution < 1.29 is 28.6 Å². The summed E-state index contributed by atoms with van der Waals surface area (Å²) < 4.78 is 16.8. The Morgan fingerprint density at radius 1 is 1.05 bits per heavy atom. The van der Waals surface area contributed by atoms with Gasteiger partial charge in [-0.25, -0.2) is 20.0 Å². The summed E-state index contributed by atoms with van der Waals surface area (Å²) in [6, 6.07) is 9.13. The largest absolute Gasteiger partial charge is 0.493 e. The Balaban J connectivity index is 1.65. The SMILES string of the molecule is COc1cc2ncnc(Oc3ccc([C@H](C(=O)Nc4nc(C)c(C)s4)N(C=O)OC(C)(C)C)cc3)c2cc1OC. The summed E-state index contributed by atoms with van der Waals surface area (Å²) in [7, 11) is 3.09. The zero-order valence-corrected chi connectivity index (χ0v) is 24.2. The topological polar surface area (TPSA) is 125 Å². The number of carbonyl (C=O) groups is 2. The number of hydroxylamine groups is 2. The molecule has 2 aromatic heterocycles. The van der Waals surface area contributed by atoms with Gasteiger partial charge in [-0.15, -0.1) is 11.3 Å². The second-order valence-corrected chi connectivity index (χ2v) is 11.0. The maximum Gasteiger partial charge on any atom is 0.256 e. The smallest absolute Gasteiger partial charge is 0.256 e. The highest BCUT2D eigenvalue weighted by atomic mass is 32.1. The molecule has 210 valence electrons. The predicted octanol–water partition coefficient (Wildman–Crippen LogP) is 5.38. The van der Waals surface area contributed by atoms with E-state index in [2.05, 4.69) is 20.3 Å². The number of thiazole rings is 1. The normalized spacial score (nSPS) is 12.1. The van der Waals surface area contributed by atoms with Gasteiger partial charge in [-0.3, -0.25) is 19.7 Å². The molecule has 0 saturated carbocycles. The molecule has 12 heteroatoms. The van der Waals surface area contributed by atoms with Crippen LogP contribution >= 0.6 is 11.3 Å². The molecule has 11 nitrogen and oxygen atoms in total. The summed E-state index contributed by atoms with van der Waals surface area (Å²) in [5.41, 5.74) is 1.22. The van der Waals surface area contributed by atoms with Crippen LogP contribution in [0.5, 0.6) is 23.1 Å². The van der Waals surface area contributed by atoms with Crippen molar-refractivity contribution in [1.29, 1.82) is 0 Å². The van der Waals surface area contributed by atoms with E-state index in [0.717, 1.165) is 15.6 Å². The third-order valence-electron chi connectivity index (χ3n) is 5.76. The minimum Gasteiger partial charge on any atom is -0.493 e. The fourth-order valence-corrected chi connectivity index (χ4v) is 4.65. The van der Waals surface area contributed by atoms with Crippen LogP contribution in [0.2, 0.25) is 0 Å². The van der Waals surface area contributed by atoms with Crippen LogP contribution in [0.3, 0.4) is 0 Å². The zero-order valence-electron chi connectivity index (χ0n) is 23.3. The number of anilines is 1. The molecule has 0 fully saturated rings. The summed E-state index contributed by atoms with van der Waals surface area (Å²) in [6.07, 6.45) is 1.89. The highest BCUT2D eigenvalue weighted by Crippen LogP contribution is 2.36. The van der Waals surface area contributed by atoms with Gasteiger partial charge in [-0.05, 0) is 58.4 Å². The molecule has 2 heterocycles. The Labute approximate surface area is 236 Å². The van der Waals surface area contributed by atoms with Crippen LogP contribution in [0, 0.1) is 13.8 Å². The fourth-order valence-electron chi connectivity index (χ4n) is 3.84. The lowest BCUT2D eigenvalue weighted by molar-refractivity contribution is -0.231. The Morgan fingerprint density at radius 2 is 1.73 bits per heavy atom. The van der Waals surface area contributed by atoms with Crippen molar-refractivity contribution in [2.45, 2.75) is 46.3 Å². The summed E-state index contributed by atoms with van der Waals surface area (Å²) in [5, 5.41) is 4.89. The average Bonchev–Trinajstić information content (AvgIpc) is 3.23. The third-order valence-corrected chi connectivity index (χ3v) is 6.75. The van der Waals surface area contributed by atoms with Crippen molar-refractivity contribution >= 4 is 39.7 Å². The van der Waals surface area contributed by atoms with Gasteiger partial charge in [0.2, 0.25) is 12.3 Å². The Kier molecular flexibility index (Phi) is 8.50. The molecule has 0 unspecified atom stereocenters. The summed E-state index contributed by atoms with van der Waals surface area (Å²) >= 11 is 1.36. The first kappa shape index (κ1) is 28.7. The number of aromatic nitrogens is 3. The van der Waals surface area contributed by atoms with Gasteiger partial charge >= 0.3 is 0 Å². The van der Waals surface area contributed by atoms with Crippen molar-refractivity contribution in [3.05, 3.63) is 58.9 Å². The van der Waals surface area contributed by atoms with Crippen molar-refractivity contribution in [1.82, 2.24) is 20.0 Å². The van der Waals surface area contributed by atoms with E-state index in [9.17, 15) is 9.59 Å². The molecule has 0 saturated heterocycles.